The van der Waals surface area contributed by atoms with Crippen LogP contribution < -0.4 is 0 Å². The highest BCUT2D eigenvalue weighted by Crippen LogP contribution is 2.32. The normalized spacial score (nSPS) is 11.8. The minimum Gasteiger partial charge on any atom is -0.261 e. The van der Waals surface area contributed by atoms with Crippen LogP contribution in [0.15, 0.2) is 12.3 Å². The van der Waals surface area contributed by atoms with Crippen LogP contribution in [0.4, 0.5) is 13.2 Å². The van der Waals surface area contributed by atoms with E-state index in [0.29, 0.717) is 17.7 Å². The number of aromatic nitrogens is 1. The Kier molecular flexibility index (Phi) is 4.33. The fraction of sp³-hybridized carbons (Fsp3) is 0.583. The van der Waals surface area contributed by atoms with Crippen LogP contribution in [-0.2, 0) is 12.6 Å². The first-order valence-electron chi connectivity index (χ1n) is 5.48. The van der Waals surface area contributed by atoms with E-state index >= 15 is 0 Å². The number of hydrogen-bond donors (Lipinski definition) is 0. The Bertz CT molecular complexity index is 345. The molecule has 0 saturated carbocycles. The zero-order valence-corrected chi connectivity index (χ0v) is 9.56. The molecule has 0 aliphatic rings. The summed E-state index contributed by atoms with van der Waals surface area (Å²) in [6, 6.07) is 1.13. The summed E-state index contributed by atoms with van der Waals surface area (Å²) >= 11 is 0. The van der Waals surface area contributed by atoms with Crippen LogP contribution in [-0.4, -0.2) is 4.98 Å². The smallest absolute Gasteiger partial charge is 0.261 e. The fourth-order valence-electron chi connectivity index (χ4n) is 1.62. The molecule has 1 aromatic heterocycles. The maximum Gasteiger partial charge on any atom is 0.416 e. The van der Waals surface area contributed by atoms with Gasteiger partial charge in [0.2, 0.25) is 0 Å². The minimum atomic E-state index is -4.27. The first-order chi connectivity index (χ1) is 7.45. The number of halogens is 3. The summed E-state index contributed by atoms with van der Waals surface area (Å²) in [6.45, 7) is 3.60. The molecule has 0 radical (unpaired) electrons. The van der Waals surface area contributed by atoms with E-state index in [0.717, 1.165) is 25.3 Å². The molecular formula is C12H16F3N. The summed E-state index contributed by atoms with van der Waals surface area (Å²) in [5, 5.41) is 0. The zero-order chi connectivity index (χ0) is 12.2. The highest BCUT2D eigenvalue weighted by molar-refractivity contribution is 5.29. The molecule has 0 atom stereocenters. The lowest BCUT2D eigenvalue weighted by atomic mass is 10.0. The largest absolute Gasteiger partial charge is 0.416 e. The van der Waals surface area contributed by atoms with Gasteiger partial charge in [0.25, 0.3) is 0 Å². The average Bonchev–Trinajstić information content (AvgIpc) is 2.19. The lowest BCUT2D eigenvalue weighted by Crippen LogP contribution is -2.10. The van der Waals surface area contributed by atoms with E-state index in [1.807, 2.05) is 6.92 Å². The molecule has 1 aromatic rings. The molecule has 0 fully saturated rings. The predicted octanol–water partition coefficient (Wildman–Crippen LogP) is 4.14. The first-order valence-corrected chi connectivity index (χ1v) is 5.48. The predicted molar refractivity (Wildman–Crippen MR) is 57.2 cm³/mol. The van der Waals surface area contributed by atoms with Crippen molar-refractivity contribution in [2.45, 2.75) is 45.7 Å². The molecule has 0 bridgehead atoms. The van der Waals surface area contributed by atoms with Gasteiger partial charge in [0.15, 0.2) is 0 Å². The molecule has 0 aromatic carbocycles. The van der Waals surface area contributed by atoms with E-state index in [1.165, 1.54) is 6.20 Å². The summed E-state index contributed by atoms with van der Waals surface area (Å²) < 4.78 is 38.1. The van der Waals surface area contributed by atoms with Gasteiger partial charge in [-0.15, -0.1) is 0 Å². The van der Waals surface area contributed by atoms with Crippen molar-refractivity contribution in [1.29, 1.82) is 0 Å². The summed E-state index contributed by atoms with van der Waals surface area (Å²) in [4.78, 5) is 3.93. The second-order valence-corrected chi connectivity index (χ2v) is 3.94. The van der Waals surface area contributed by atoms with E-state index in [4.69, 9.17) is 0 Å². The van der Waals surface area contributed by atoms with Gasteiger partial charge in [-0.2, -0.15) is 13.2 Å². The summed E-state index contributed by atoms with van der Waals surface area (Å²) in [5.74, 6) is 0. The second-order valence-electron chi connectivity index (χ2n) is 3.94. The van der Waals surface area contributed by atoms with E-state index in [1.54, 1.807) is 6.92 Å². The summed E-state index contributed by atoms with van der Waals surface area (Å²) in [7, 11) is 0. The van der Waals surface area contributed by atoms with Gasteiger partial charge in [-0.3, -0.25) is 4.98 Å². The van der Waals surface area contributed by atoms with Crippen molar-refractivity contribution < 1.29 is 13.2 Å². The SMILES string of the molecule is CCCCCc1cnc(C)cc1C(F)(F)F. The molecular weight excluding hydrogens is 215 g/mol. The van der Waals surface area contributed by atoms with Crippen molar-refractivity contribution in [3.8, 4) is 0 Å². The monoisotopic (exact) mass is 231 g/mol. The van der Waals surface area contributed by atoms with Gasteiger partial charge in [0.05, 0.1) is 5.56 Å². The maximum absolute atomic E-state index is 12.7. The van der Waals surface area contributed by atoms with Gasteiger partial charge >= 0.3 is 6.18 Å². The van der Waals surface area contributed by atoms with Crippen LogP contribution in [0.5, 0.6) is 0 Å². The number of nitrogens with zero attached hydrogens (tertiary/aromatic N) is 1. The van der Waals surface area contributed by atoms with Crippen molar-refractivity contribution in [2.24, 2.45) is 0 Å². The van der Waals surface area contributed by atoms with Gasteiger partial charge < -0.3 is 0 Å². The number of pyridine rings is 1. The Balaban J connectivity index is 2.90. The van der Waals surface area contributed by atoms with Crippen LogP contribution in [0.3, 0.4) is 0 Å². The summed E-state index contributed by atoms with van der Waals surface area (Å²) in [6.07, 6.45) is 0.273. The fourth-order valence-corrected chi connectivity index (χ4v) is 1.62. The van der Waals surface area contributed by atoms with Crippen LogP contribution in [0.25, 0.3) is 0 Å². The van der Waals surface area contributed by atoms with E-state index < -0.39 is 11.7 Å². The highest BCUT2D eigenvalue weighted by atomic mass is 19.4. The summed E-state index contributed by atoms with van der Waals surface area (Å²) in [5.41, 5.74) is 0.189. The third kappa shape index (κ3) is 3.51. The number of hydrogen-bond acceptors (Lipinski definition) is 1. The lowest BCUT2D eigenvalue weighted by molar-refractivity contribution is -0.138. The van der Waals surface area contributed by atoms with Crippen molar-refractivity contribution in [3.05, 3.63) is 29.1 Å². The van der Waals surface area contributed by atoms with Crippen LogP contribution in [0, 0.1) is 6.92 Å². The average molecular weight is 231 g/mol. The minimum absolute atomic E-state index is 0.312. The van der Waals surface area contributed by atoms with Crippen molar-refractivity contribution >= 4 is 0 Å². The van der Waals surface area contributed by atoms with Gasteiger partial charge in [0, 0.05) is 11.9 Å². The number of unbranched alkanes of at least 4 members (excludes halogenated alkanes) is 2. The molecule has 0 amide bonds. The molecule has 0 aliphatic heterocycles. The zero-order valence-electron chi connectivity index (χ0n) is 9.56. The quantitative estimate of drug-likeness (QED) is 0.709. The molecule has 0 aliphatic carbocycles. The highest BCUT2D eigenvalue weighted by Gasteiger charge is 2.33. The van der Waals surface area contributed by atoms with Gasteiger partial charge in [-0.25, -0.2) is 0 Å². The standard InChI is InChI=1S/C12H16F3N/c1-3-4-5-6-10-8-16-9(2)7-11(10)12(13,14)15/h7-8H,3-6H2,1-2H3. The first kappa shape index (κ1) is 13.0. The topological polar surface area (TPSA) is 12.9 Å². The molecule has 1 heterocycles. The van der Waals surface area contributed by atoms with Gasteiger partial charge in [-0.1, -0.05) is 19.8 Å². The van der Waals surface area contributed by atoms with Crippen molar-refractivity contribution in [2.75, 3.05) is 0 Å². The maximum atomic E-state index is 12.7. The Morgan fingerprint density at radius 3 is 2.50 bits per heavy atom. The molecule has 4 heteroatoms. The third-order valence-corrected chi connectivity index (χ3v) is 2.48. The number of aryl methyl sites for hydroxylation is 2. The number of alkyl halides is 3. The molecule has 0 unspecified atom stereocenters. The Morgan fingerprint density at radius 1 is 1.25 bits per heavy atom. The third-order valence-electron chi connectivity index (χ3n) is 2.48. The van der Waals surface area contributed by atoms with Crippen LogP contribution in [0.1, 0.15) is 43.0 Å². The molecule has 0 saturated heterocycles. The Hall–Kier alpha value is -1.06. The molecule has 1 rings (SSSR count). The van der Waals surface area contributed by atoms with E-state index in [-0.39, 0.29) is 0 Å². The number of rotatable bonds is 4. The molecule has 1 nitrogen and oxygen atoms in total. The van der Waals surface area contributed by atoms with Crippen molar-refractivity contribution in [3.63, 3.8) is 0 Å². The molecule has 0 N–H and O–H groups in total. The van der Waals surface area contributed by atoms with Gasteiger partial charge in [0.1, 0.15) is 0 Å². The molecule has 0 spiro atoms. The second kappa shape index (κ2) is 5.32. The Morgan fingerprint density at radius 2 is 1.94 bits per heavy atom. The molecule has 16 heavy (non-hydrogen) atoms. The van der Waals surface area contributed by atoms with Crippen LogP contribution >= 0.6 is 0 Å². The lowest BCUT2D eigenvalue weighted by Gasteiger charge is -2.12. The van der Waals surface area contributed by atoms with E-state index in [9.17, 15) is 13.2 Å². The molecule has 90 valence electrons. The Labute approximate surface area is 93.7 Å². The van der Waals surface area contributed by atoms with Gasteiger partial charge in [-0.05, 0) is 31.4 Å². The van der Waals surface area contributed by atoms with E-state index in [2.05, 4.69) is 4.98 Å². The van der Waals surface area contributed by atoms with Crippen LogP contribution in [0.2, 0.25) is 0 Å². The van der Waals surface area contributed by atoms with Crippen molar-refractivity contribution in [1.82, 2.24) is 4.98 Å².